The van der Waals surface area contributed by atoms with E-state index in [9.17, 15) is 39.5 Å². The van der Waals surface area contributed by atoms with Crippen molar-refractivity contribution in [1.82, 2.24) is 0 Å². The Morgan fingerprint density at radius 2 is 1.32 bits per heavy atom. The summed E-state index contributed by atoms with van der Waals surface area (Å²) < 4.78 is 114. The summed E-state index contributed by atoms with van der Waals surface area (Å²) in [5.41, 5.74) is -6.85. The molecule has 0 N–H and O–H groups in total. The molecule has 0 saturated carbocycles. The Balaban J connectivity index is 6.05. The molecule has 2 unspecified atom stereocenters. The van der Waals surface area contributed by atoms with E-state index in [0.29, 0.717) is 0 Å². The van der Waals surface area contributed by atoms with Gasteiger partial charge in [-0.1, -0.05) is 23.2 Å². The molecule has 114 valence electrons. The van der Waals surface area contributed by atoms with Gasteiger partial charge in [0, 0.05) is 5.54 Å². The molecule has 0 aromatic rings. The maximum atomic E-state index is 13.2. The molecule has 0 spiro atoms. The normalized spacial score (nSPS) is 20.1. The number of halogens is 12. The van der Waals surface area contributed by atoms with E-state index in [4.69, 9.17) is 0 Å². The molecule has 12 heteroatoms. The lowest BCUT2D eigenvalue weighted by Gasteiger charge is -2.38. The molecule has 0 rings (SSSR count). The smallest absolute Gasteiger partial charge is 0.234 e. The van der Waals surface area contributed by atoms with Crippen LogP contribution in [0.5, 0.6) is 0 Å². The van der Waals surface area contributed by atoms with Crippen molar-refractivity contribution in [3.63, 3.8) is 0 Å². The number of rotatable bonds is 4. The van der Waals surface area contributed by atoms with Crippen LogP contribution >= 0.6 is 34.8 Å². The van der Waals surface area contributed by atoms with Gasteiger partial charge in [0.05, 0.1) is 5.03 Å². The second kappa shape index (κ2) is 5.40. The first kappa shape index (κ1) is 19.0. The molecule has 0 nitrogen and oxygen atoms in total. The van der Waals surface area contributed by atoms with Crippen LogP contribution in [0.2, 0.25) is 0 Å². The van der Waals surface area contributed by atoms with E-state index in [-0.39, 0.29) is 5.54 Å². The van der Waals surface area contributed by atoms with Crippen molar-refractivity contribution in [2.75, 3.05) is 0 Å². The van der Waals surface area contributed by atoms with Crippen molar-refractivity contribution >= 4 is 34.8 Å². The zero-order chi connectivity index (χ0) is 15.9. The Hall–Kier alpha value is -0.0200. The SMILES string of the molecule is FC(C(Cl)=CCl)C(F)(F)C(F)(C(F)(F)F)C(F)(F)Cl. The van der Waals surface area contributed by atoms with Crippen molar-refractivity contribution in [3.05, 3.63) is 10.6 Å². The Bertz CT molecular complexity index is 342. The van der Waals surface area contributed by atoms with Crippen molar-refractivity contribution in [2.45, 2.75) is 29.3 Å². The zero-order valence-corrected chi connectivity index (χ0v) is 10.5. The van der Waals surface area contributed by atoms with Crippen molar-refractivity contribution in [3.8, 4) is 0 Å². The van der Waals surface area contributed by atoms with Crippen LogP contribution in [0.1, 0.15) is 0 Å². The molecule has 0 aliphatic carbocycles. The molecule has 0 aromatic heterocycles. The highest BCUT2D eigenvalue weighted by molar-refractivity contribution is 6.37. The fourth-order valence-electron chi connectivity index (χ4n) is 0.942. The Morgan fingerprint density at radius 3 is 1.53 bits per heavy atom. The largest absolute Gasteiger partial charge is 0.436 e. The monoisotopic (exact) mass is 362 g/mol. The molecule has 0 aliphatic heterocycles. The molecule has 2 atom stereocenters. The average Bonchev–Trinajstić information content (AvgIpc) is 2.22. The molecule has 19 heavy (non-hydrogen) atoms. The molecule has 0 fully saturated rings. The molecular formula is C7H2Cl3F9. The second-order valence-corrected chi connectivity index (χ2v) is 4.26. The first-order valence-electron chi connectivity index (χ1n) is 3.94. The van der Waals surface area contributed by atoms with Crippen LogP contribution < -0.4 is 0 Å². The number of hydrogen-bond donors (Lipinski definition) is 0. The highest BCUT2D eigenvalue weighted by Crippen LogP contribution is 2.58. The van der Waals surface area contributed by atoms with Crippen LogP contribution in [0.15, 0.2) is 10.6 Å². The lowest BCUT2D eigenvalue weighted by atomic mass is 9.93. The van der Waals surface area contributed by atoms with E-state index in [1.807, 2.05) is 0 Å². The topological polar surface area (TPSA) is 0 Å². The standard InChI is InChI=1S/C7H2Cl3F9/c8-1-2(9)3(11)4(12,13)5(14,6(10,15)16)7(17,18)19/h1,3H. The summed E-state index contributed by atoms with van der Waals surface area (Å²) in [5.74, 6) is -6.32. The van der Waals surface area contributed by atoms with Crippen LogP contribution in [0.4, 0.5) is 39.5 Å². The molecule has 0 bridgehead atoms. The number of alkyl halides is 10. The predicted molar refractivity (Wildman–Crippen MR) is 50.3 cm³/mol. The molecule has 0 radical (unpaired) electrons. The third kappa shape index (κ3) is 3.02. The molecule has 0 aliphatic rings. The highest BCUT2D eigenvalue weighted by Gasteiger charge is 2.85. The van der Waals surface area contributed by atoms with Gasteiger partial charge in [-0.3, -0.25) is 0 Å². The van der Waals surface area contributed by atoms with Crippen LogP contribution in [0, 0.1) is 0 Å². The number of hydrogen-bond acceptors (Lipinski definition) is 0. The van der Waals surface area contributed by atoms with Crippen LogP contribution in [0.3, 0.4) is 0 Å². The summed E-state index contributed by atoms with van der Waals surface area (Å²) in [6.07, 6.45) is -11.2. The average molecular weight is 363 g/mol. The summed E-state index contributed by atoms with van der Waals surface area (Å²) >= 11 is 13.0. The van der Waals surface area contributed by atoms with Gasteiger partial charge >= 0.3 is 23.1 Å². The van der Waals surface area contributed by atoms with E-state index < -0.39 is 34.4 Å². The van der Waals surface area contributed by atoms with Gasteiger partial charge in [0.2, 0.25) is 6.17 Å². The second-order valence-electron chi connectivity index (χ2n) is 3.13. The fourth-order valence-corrected chi connectivity index (χ4v) is 1.42. The maximum Gasteiger partial charge on any atom is 0.436 e. The first-order chi connectivity index (χ1) is 8.14. The quantitative estimate of drug-likeness (QED) is 0.465. The minimum absolute atomic E-state index is 0.163. The van der Waals surface area contributed by atoms with Crippen LogP contribution in [-0.4, -0.2) is 29.3 Å². The van der Waals surface area contributed by atoms with Crippen molar-refractivity contribution in [1.29, 1.82) is 0 Å². The summed E-state index contributed by atoms with van der Waals surface area (Å²) in [6.45, 7) is 0. The third-order valence-electron chi connectivity index (χ3n) is 1.91. The lowest BCUT2D eigenvalue weighted by Crippen LogP contribution is -2.67. The molecule has 0 aromatic carbocycles. The summed E-state index contributed by atoms with van der Waals surface area (Å²) in [6, 6.07) is 0. The van der Waals surface area contributed by atoms with Gasteiger partial charge in [-0.2, -0.15) is 30.7 Å². The first-order valence-corrected chi connectivity index (χ1v) is 5.13. The molecule has 0 amide bonds. The summed E-state index contributed by atoms with van der Waals surface area (Å²) in [4.78, 5) is 0. The van der Waals surface area contributed by atoms with E-state index in [1.165, 1.54) is 0 Å². The lowest BCUT2D eigenvalue weighted by molar-refractivity contribution is -0.354. The van der Waals surface area contributed by atoms with Gasteiger partial charge in [-0.05, 0) is 11.6 Å². The summed E-state index contributed by atoms with van der Waals surface area (Å²) in [7, 11) is 0. The Labute approximate surface area is 115 Å². The third-order valence-corrected chi connectivity index (χ3v) is 2.81. The minimum atomic E-state index is -6.88. The molecular weight excluding hydrogens is 361 g/mol. The fraction of sp³-hybridized carbons (Fsp3) is 0.714. The van der Waals surface area contributed by atoms with Crippen LogP contribution in [0.25, 0.3) is 0 Å². The van der Waals surface area contributed by atoms with Gasteiger partial charge in [-0.25, -0.2) is 8.78 Å². The van der Waals surface area contributed by atoms with E-state index >= 15 is 0 Å². The Morgan fingerprint density at radius 1 is 0.947 bits per heavy atom. The summed E-state index contributed by atoms with van der Waals surface area (Å²) in [5, 5.41) is -7.96. The molecule has 0 heterocycles. The predicted octanol–water partition coefficient (Wildman–Crippen LogP) is 5.38. The van der Waals surface area contributed by atoms with Gasteiger partial charge in [0.25, 0.3) is 0 Å². The van der Waals surface area contributed by atoms with Gasteiger partial charge in [0.15, 0.2) is 0 Å². The van der Waals surface area contributed by atoms with Gasteiger partial charge in [0.1, 0.15) is 0 Å². The van der Waals surface area contributed by atoms with E-state index in [1.54, 1.807) is 0 Å². The van der Waals surface area contributed by atoms with Gasteiger partial charge < -0.3 is 0 Å². The van der Waals surface area contributed by atoms with Crippen LogP contribution in [-0.2, 0) is 0 Å². The van der Waals surface area contributed by atoms with Gasteiger partial charge in [-0.15, -0.1) is 0 Å². The Kier molecular flexibility index (Phi) is 5.40. The number of allylic oxidation sites excluding steroid dienone is 1. The molecule has 0 saturated heterocycles. The highest BCUT2D eigenvalue weighted by atomic mass is 35.5. The van der Waals surface area contributed by atoms with E-state index in [2.05, 4.69) is 34.8 Å². The zero-order valence-electron chi connectivity index (χ0n) is 8.19. The van der Waals surface area contributed by atoms with Crippen molar-refractivity contribution in [2.24, 2.45) is 0 Å². The minimum Gasteiger partial charge on any atom is -0.234 e. The van der Waals surface area contributed by atoms with E-state index in [0.717, 1.165) is 0 Å². The van der Waals surface area contributed by atoms with Crippen molar-refractivity contribution < 1.29 is 39.5 Å². The maximum absolute atomic E-state index is 13.2.